The third kappa shape index (κ3) is 3.63. The molecule has 4 aromatic rings. The molecule has 2 heterocycles. The van der Waals surface area contributed by atoms with E-state index in [1.807, 2.05) is 35.9 Å². The Morgan fingerprint density at radius 1 is 1.00 bits per heavy atom. The molecule has 0 aliphatic carbocycles. The molecular weight excluding hydrogens is 406 g/mol. The van der Waals surface area contributed by atoms with Gasteiger partial charge < -0.3 is 4.57 Å². The molecule has 0 atom stereocenters. The summed E-state index contributed by atoms with van der Waals surface area (Å²) in [5, 5.41) is 10.7. The Labute approximate surface area is 174 Å². The van der Waals surface area contributed by atoms with Crippen LogP contribution in [0, 0.1) is 10.1 Å². The van der Waals surface area contributed by atoms with Crippen molar-refractivity contribution in [3.63, 3.8) is 0 Å². The van der Waals surface area contributed by atoms with E-state index in [4.69, 9.17) is 0 Å². The van der Waals surface area contributed by atoms with Crippen LogP contribution in [0.25, 0.3) is 21.7 Å². The van der Waals surface area contributed by atoms with E-state index >= 15 is 0 Å². The molecule has 0 radical (unpaired) electrons. The van der Waals surface area contributed by atoms with Gasteiger partial charge in [0, 0.05) is 24.7 Å². The molecule has 2 amide bonds. The molecule has 0 fully saturated rings. The summed E-state index contributed by atoms with van der Waals surface area (Å²) in [6.45, 7) is 0. The van der Waals surface area contributed by atoms with Crippen molar-refractivity contribution in [2.75, 3.05) is 0 Å². The van der Waals surface area contributed by atoms with E-state index in [0.29, 0.717) is 4.88 Å². The lowest BCUT2D eigenvalue weighted by atomic mass is 10.2. The number of fused-ring (bicyclic) bond motifs is 1. The van der Waals surface area contributed by atoms with Gasteiger partial charge >= 0.3 is 0 Å². The monoisotopic (exact) mass is 421 g/mol. The Balaban J connectivity index is 1.44. The first-order chi connectivity index (χ1) is 14.4. The fourth-order valence-corrected chi connectivity index (χ4v) is 3.85. The molecule has 2 N–H and O–H groups in total. The number of hydrogen-bond donors (Lipinski definition) is 2. The fourth-order valence-electron chi connectivity index (χ4n) is 2.93. The summed E-state index contributed by atoms with van der Waals surface area (Å²) in [6, 6.07) is 16.3. The molecule has 30 heavy (non-hydrogen) atoms. The van der Waals surface area contributed by atoms with Gasteiger partial charge in [0.05, 0.1) is 25.7 Å². The van der Waals surface area contributed by atoms with E-state index in [9.17, 15) is 19.7 Å². The first-order valence-corrected chi connectivity index (χ1v) is 9.62. The van der Waals surface area contributed by atoms with Crippen LogP contribution < -0.4 is 10.9 Å². The molecule has 4 rings (SSSR count). The molecule has 2 aromatic heterocycles. The number of non-ortho nitro benzene ring substituents is 1. The highest BCUT2D eigenvalue weighted by molar-refractivity contribution is 7.17. The largest absolute Gasteiger partial charge is 0.326 e. The molecule has 150 valence electrons. The number of benzene rings is 2. The lowest BCUT2D eigenvalue weighted by molar-refractivity contribution is -0.384. The maximum Gasteiger partial charge on any atom is 0.279 e. The molecule has 0 aliphatic heterocycles. The Morgan fingerprint density at radius 2 is 1.70 bits per heavy atom. The predicted octanol–water partition coefficient (Wildman–Crippen LogP) is 3.28. The summed E-state index contributed by atoms with van der Waals surface area (Å²) in [6.07, 6.45) is 0. The third-order valence-corrected chi connectivity index (χ3v) is 5.55. The highest BCUT2D eigenvalue weighted by Gasteiger charge is 2.16. The Hall–Kier alpha value is -4.05. The number of aryl methyl sites for hydroxylation is 1. The van der Waals surface area contributed by atoms with E-state index in [-0.39, 0.29) is 11.3 Å². The van der Waals surface area contributed by atoms with Gasteiger partial charge in [-0.05, 0) is 36.4 Å². The molecule has 10 heteroatoms. The lowest BCUT2D eigenvalue weighted by Gasteiger charge is -2.06. The zero-order chi connectivity index (χ0) is 21.3. The van der Waals surface area contributed by atoms with Gasteiger partial charge in [-0.3, -0.25) is 30.6 Å². The lowest BCUT2D eigenvalue weighted by Crippen LogP contribution is -2.41. The standard InChI is InChI=1S/C20H15N5O4S/c1-24-15-5-3-2-4-14(15)21-18(24)16-10-11-17(30-16)20(27)23-22-19(26)12-6-8-13(9-7-12)25(28)29/h2-11H,1H3,(H,22,26)(H,23,27). The van der Waals surface area contributed by atoms with Crippen LogP contribution in [-0.4, -0.2) is 26.3 Å². The summed E-state index contributed by atoms with van der Waals surface area (Å²) in [4.78, 5) is 40.5. The minimum atomic E-state index is -0.578. The summed E-state index contributed by atoms with van der Waals surface area (Å²) < 4.78 is 1.96. The number of carbonyl (C=O) groups is 2. The van der Waals surface area contributed by atoms with Gasteiger partial charge in [-0.25, -0.2) is 4.98 Å². The first-order valence-electron chi connectivity index (χ1n) is 8.81. The van der Waals surface area contributed by atoms with E-state index in [2.05, 4.69) is 15.8 Å². The number of aromatic nitrogens is 2. The second kappa shape index (κ2) is 7.76. The van der Waals surface area contributed by atoms with Crippen molar-refractivity contribution in [1.82, 2.24) is 20.4 Å². The number of nitro benzene ring substituents is 1. The highest BCUT2D eigenvalue weighted by Crippen LogP contribution is 2.29. The maximum atomic E-state index is 12.4. The number of amides is 2. The number of thiophene rings is 1. The van der Waals surface area contributed by atoms with Crippen molar-refractivity contribution in [3.8, 4) is 10.7 Å². The maximum absolute atomic E-state index is 12.4. The van der Waals surface area contributed by atoms with E-state index < -0.39 is 16.7 Å². The molecule has 2 aromatic carbocycles. The van der Waals surface area contributed by atoms with Crippen molar-refractivity contribution in [2.24, 2.45) is 7.05 Å². The van der Waals surface area contributed by atoms with Gasteiger partial charge in [0.1, 0.15) is 0 Å². The average molecular weight is 421 g/mol. The zero-order valence-corrected chi connectivity index (χ0v) is 16.5. The van der Waals surface area contributed by atoms with Gasteiger partial charge in [0.15, 0.2) is 5.82 Å². The molecule has 0 saturated carbocycles. The SMILES string of the molecule is Cn1c(-c2ccc(C(=O)NNC(=O)c3ccc([N+](=O)[O-])cc3)s2)nc2ccccc21. The highest BCUT2D eigenvalue weighted by atomic mass is 32.1. The fraction of sp³-hybridized carbons (Fsp3) is 0.0500. The topological polar surface area (TPSA) is 119 Å². The minimum Gasteiger partial charge on any atom is -0.326 e. The number of carbonyl (C=O) groups excluding carboxylic acids is 2. The summed E-state index contributed by atoms with van der Waals surface area (Å²) in [5.41, 5.74) is 6.58. The van der Waals surface area contributed by atoms with Crippen molar-refractivity contribution >= 4 is 39.9 Å². The third-order valence-electron chi connectivity index (χ3n) is 4.47. The molecule has 0 saturated heterocycles. The Morgan fingerprint density at radius 3 is 2.40 bits per heavy atom. The summed E-state index contributed by atoms with van der Waals surface area (Å²) in [7, 11) is 1.91. The van der Waals surface area contributed by atoms with E-state index in [0.717, 1.165) is 21.7 Å². The van der Waals surface area contributed by atoms with Crippen LogP contribution in [0.5, 0.6) is 0 Å². The number of nitrogens with one attached hydrogen (secondary N) is 2. The quantitative estimate of drug-likeness (QED) is 0.387. The summed E-state index contributed by atoms with van der Waals surface area (Å²) in [5.74, 6) is -0.305. The van der Waals surface area contributed by atoms with Crippen LogP contribution in [0.2, 0.25) is 0 Å². The smallest absolute Gasteiger partial charge is 0.279 e. The number of hydrogen-bond acceptors (Lipinski definition) is 6. The van der Waals surface area contributed by atoms with Crippen LogP contribution in [-0.2, 0) is 7.05 Å². The molecule has 0 bridgehead atoms. The number of para-hydroxylation sites is 2. The van der Waals surface area contributed by atoms with Gasteiger partial charge in [-0.15, -0.1) is 11.3 Å². The first kappa shape index (κ1) is 19.3. The number of nitrogens with zero attached hydrogens (tertiary/aromatic N) is 3. The number of imidazole rings is 1. The van der Waals surface area contributed by atoms with Crippen LogP contribution in [0.15, 0.2) is 60.7 Å². The predicted molar refractivity (Wildman–Crippen MR) is 112 cm³/mol. The molecule has 9 nitrogen and oxygen atoms in total. The Kier molecular flexibility index (Phi) is 4.98. The van der Waals surface area contributed by atoms with Crippen molar-refractivity contribution in [3.05, 3.63) is 81.2 Å². The van der Waals surface area contributed by atoms with Crippen molar-refractivity contribution in [1.29, 1.82) is 0 Å². The average Bonchev–Trinajstić information content (AvgIpc) is 3.37. The minimum absolute atomic E-state index is 0.122. The van der Waals surface area contributed by atoms with Gasteiger partial charge in [0.2, 0.25) is 0 Å². The molecule has 0 unspecified atom stereocenters. The molecule has 0 aliphatic rings. The molecule has 0 spiro atoms. The van der Waals surface area contributed by atoms with E-state index in [1.54, 1.807) is 12.1 Å². The van der Waals surface area contributed by atoms with E-state index in [1.165, 1.54) is 35.6 Å². The van der Waals surface area contributed by atoms with Gasteiger partial charge in [-0.1, -0.05) is 12.1 Å². The normalized spacial score (nSPS) is 10.7. The number of nitro groups is 1. The Bertz CT molecular complexity index is 1280. The van der Waals surface area contributed by atoms with Crippen LogP contribution in [0.1, 0.15) is 20.0 Å². The van der Waals surface area contributed by atoms with Crippen molar-refractivity contribution in [2.45, 2.75) is 0 Å². The van der Waals surface area contributed by atoms with Crippen LogP contribution in [0.3, 0.4) is 0 Å². The van der Waals surface area contributed by atoms with Crippen molar-refractivity contribution < 1.29 is 14.5 Å². The zero-order valence-electron chi connectivity index (χ0n) is 15.7. The number of rotatable bonds is 4. The number of hydrazine groups is 1. The second-order valence-corrected chi connectivity index (χ2v) is 7.44. The second-order valence-electron chi connectivity index (χ2n) is 6.36. The van der Waals surface area contributed by atoms with Gasteiger partial charge in [-0.2, -0.15) is 0 Å². The van der Waals surface area contributed by atoms with Gasteiger partial charge in [0.25, 0.3) is 17.5 Å². The molecular formula is C20H15N5O4S. The van der Waals surface area contributed by atoms with Crippen LogP contribution >= 0.6 is 11.3 Å². The summed E-state index contributed by atoms with van der Waals surface area (Å²) >= 11 is 1.25. The van der Waals surface area contributed by atoms with Crippen LogP contribution in [0.4, 0.5) is 5.69 Å².